The van der Waals surface area contributed by atoms with E-state index in [-0.39, 0.29) is 5.78 Å². The van der Waals surface area contributed by atoms with Crippen molar-refractivity contribution in [2.24, 2.45) is 5.73 Å². The van der Waals surface area contributed by atoms with Crippen molar-refractivity contribution in [3.05, 3.63) is 29.6 Å². The molecule has 0 atom stereocenters. The van der Waals surface area contributed by atoms with Gasteiger partial charge in [0, 0.05) is 19.5 Å². The maximum absolute atomic E-state index is 11.4. The number of carbonyl (C=O) groups is 2. The third-order valence-electron chi connectivity index (χ3n) is 2.22. The highest BCUT2D eigenvalue weighted by Crippen LogP contribution is 2.19. The fraction of sp³-hybridized carbons (Fsp3) is 0.417. The predicted octanol–water partition coefficient (Wildman–Crippen LogP) is 1.70. The highest BCUT2D eigenvalue weighted by atomic mass is 16.6. The lowest BCUT2D eigenvalue weighted by atomic mass is 9.96. The smallest absolute Gasteiger partial charge is 0.405 e. The van der Waals surface area contributed by atoms with Crippen LogP contribution in [0.3, 0.4) is 0 Å². The van der Waals surface area contributed by atoms with Crippen LogP contribution in [0.15, 0.2) is 18.3 Å². The Bertz CT molecular complexity index is 441. The summed E-state index contributed by atoms with van der Waals surface area (Å²) in [7, 11) is 0. The van der Waals surface area contributed by atoms with E-state index in [1.54, 1.807) is 32.2 Å². The van der Waals surface area contributed by atoms with Crippen molar-refractivity contribution < 1.29 is 14.3 Å². The molecule has 5 heteroatoms. The summed E-state index contributed by atoms with van der Waals surface area (Å²) in [6, 6.07) is 3.53. The zero-order valence-corrected chi connectivity index (χ0v) is 10.2. The number of nitrogens with two attached hydrogens (primary N) is 1. The van der Waals surface area contributed by atoms with Gasteiger partial charge >= 0.3 is 6.09 Å². The molecular weight excluding hydrogens is 220 g/mol. The molecule has 0 fully saturated rings. The first kappa shape index (κ1) is 13.2. The number of primary amides is 1. The standard InChI is InChI=1S/C12H16N2O3/c1-8(15)10-9(5-4-6-14-10)7-12(2,3)17-11(13)16/h4-6H,7H2,1-3H3,(H2,13,16). The molecule has 2 N–H and O–H groups in total. The Kier molecular flexibility index (Phi) is 3.83. The molecule has 1 aromatic rings. The number of ether oxygens (including phenoxy) is 1. The molecule has 5 nitrogen and oxygen atoms in total. The molecule has 0 spiro atoms. The molecule has 0 aliphatic heterocycles. The monoisotopic (exact) mass is 236 g/mol. The quantitative estimate of drug-likeness (QED) is 0.806. The first-order valence-electron chi connectivity index (χ1n) is 5.25. The Labute approximate surface area is 100.0 Å². The third-order valence-corrected chi connectivity index (χ3v) is 2.22. The van der Waals surface area contributed by atoms with Gasteiger partial charge in [-0.2, -0.15) is 0 Å². The first-order valence-corrected chi connectivity index (χ1v) is 5.25. The maximum Gasteiger partial charge on any atom is 0.405 e. The molecule has 0 saturated heterocycles. The van der Waals surface area contributed by atoms with Crippen LogP contribution in [0.5, 0.6) is 0 Å². The number of aromatic nitrogens is 1. The van der Waals surface area contributed by atoms with Crippen LogP contribution >= 0.6 is 0 Å². The molecule has 0 aliphatic rings. The van der Waals surface area contributed by atoms with E-state index in [0.29, 0.717) is 12.1 Å². The van der Waals surface area contributed by atoms with E-state index >= 15 is 0 Å². The van der Waals surface area contributed by atoms with Crippen LogP contribution in [0.25, 0.3) is 0 Å². The topological polar surface area (TPSA) is 82.3 Å². The molecule has 17 heavy (non-hydrogen) atoms. The van der Waals surface area contributed by atoms with E-state index in [0.717, 1.165) is 5.56 Å². The van der Waals surface area contributed by atoms with Crippen molar-refractivity contribution in [1.82, 2.24) is 4.98 Å². The Balaban J connectivity index is 2.95. The van der Waals surface area contributed by atoms with Crippen LogP contribution < -0.4 is 5.73 Å². The molecule has 0 aromatic carbocycles. The van der Waals surface area contributed by atoms with Crippen molar-refractivity contribution in [1.29, 1.82) is 0 Å². The van der Waals surface area contributed by atoms with Gasteiger partial charge < -0.3 is 10.5 Å². The lowest BCUT2D eigenvalue weighted by Crippen LogP contribution is -2.33. The molecule has 1 heterocycles. The van der Waals surface area contributed by atoms with Gasteiger partial charge in [0.25, 0.3) is 0 Å². The average molecular weight is 236 g/mol. The Hall–Kier alpha value is -1.91. The summed E-state index contributed by atoms with van der Waals surface area (Å²) in [5, 5.41) is 0. The van der Waals surface area contributed by atoms with Gasteiger partial charge in [0.15, 0.2) is 5.78 Å². The van der Waals surface area contributed by atoms with Crippen molar-refractivity contribution in [2.75, 3.05) is 0 Å². The molecule has 92 valence electrons. The summed E-state index contributed by atoms with van der Waals surface area (Å²) in [6.07, 6.45) is 1.11. The zero-order chi connectivity index (χ0) is 13.1. The van der Waals surface area contributed by atoms with E-state index < -0.39 is 11.7 Å². The third kappa shape index (κ3) is 3.86. The van der Waals surface area contributed by atoms with Gasteiger partial charge in [-0.1, -0.05) is 6.07 Å². The van der Waals surface area contributed by atoms with Gasteiger partial charge in [0.1, 0.15) is 11.3 Å². The van der Waals surface area contributed by atoms with Crippen molar-refractivity contribution in [3.63, 3.8) is 0 Å². The zero-order valence-electron chi connectivity index (χ0n) is 10.2. The summed E-state index contributed by atoms with van der Waals surface area (Å²) < 4.78 is 4.98. The van der Waals surface area contributed by atoms with E-state index in [4.69, 9.17) is 10.5 Å². The van der Waals surface area contributed by atoms with Gasteiger partial charge in [-0.25, -0.2) is 4.79 Å². The second-order valence-electron chi connectivity index (χ2n) is 4.42. The van der Waals surface area contributed by atoms with Gasteiger partial charge in [0.2, 0.25) is 0 Å². The number of nitrogens with zero attached hydrogens (tertiary/aromatic N) is 1. The fourth-order valence-electron chi connectivity index (χ4n) is 1.67. The van der Waals surface area contributed by atoms with Gasteiger partial charge in [-0.05, 0) is 25.5 Å². The average Bonchev–Trinajstić information content (AvgIpc) is 2.14. The van der Waals surface area contributed by atoms with Crippen LogP contribution in [-0.4, -0.2) is 22.5 Å². The number of hydrogen-bond donors (Lipinski definition) is 1. The molecule has 0 aliphatic carbocycles. The van der Waals surface area contributed by atoms with E-state index in [2.05, 4.69) is 4.98 Å². The summed E-state index contributed by atoms with van der Waals surface area (Å²) in [4.78, 5) is 26.1. The van der Waals surface area contributed by atoms with Gasteiger partial charge in [0.05, 0.1) is 0 Å². The van der Waals surface area contributed by atoms with Crippen LogP contribution in [0.4, 0.5) is 4.79 Å². The van der Waals surface area contributed by atoms with Crippen molar-refractivity contribution >= 4 is 11.9 Å². The summed E-state index contributed by atoms with van der Waals surface area (Å²) in [5.41, 5.74) is 5.36. The molecular formula is C12H16N2O3. The minimum atomic E-state index is -0.830. The number of Topliss-reactive ketones (excluding diaryl/α,β-unsaturated/α-hetero) is 1. The van der Waals surface area contributed by atoms with Gasteiger partial charge in [-0.3, -0.25) is 9.78 Å². The normalized spacial score (nSPS) is 11.0. The molecule has 1 amide bonds. The number of carbonyl (C=O) groups excluding carboxylic acids is 2. The van der Waals surface area contributed by atoms with Crippen LogP contribution in [0, 0.1) is 0 Å². The second-order valence-corrected chi connectivity index (χ2v) is 4.42. The van der Waals surface area contributed by atoms with E-state index in [9.17, 15) is 9.59 Å². The lowest BCUT2D eigenvalue weighted by Gasteiger charge is -2.24. The van der Waals surface area contributed by atoms with Crippen molar-refractivity contribution in [3.8, 4) is 0 Å². The number of pyridine rings is 1. The maximum atomic E-state index is 11.4. The molecule has 0 unspecified atom stereocenters. The largest absolute Gasteiger partial charge is 0.443 e. The molecule has 0 saturated carbocycles. The number of amides is 1. The van der Waals surface area contributed by atoms with Crippen molar-refractivity contribution in [2.45, 2.75) is 32.8 Å². The van der Waals surface area contributed by atoms with Crippen LogP contribution in [-0.2, 0) is 11.2 Å². The number of hydrogen-bond acceptors (Lipinski definition) is 4. The molecule has 0 radical (unpaired) electrons. The first-order chi connectivity index (χ1) is 7.82. The summed E-state index contributed by atoms with van der Waals surface area (Å²) in [6.45, 7) is 4.91. The van der Waals surface area contributed by atoms with E-state index in [1.807, 2.05) is 0 Å². The number of ketones is 1. The summed E-state index contributed by atoms with van der Waals surface area (Å²) >= 11 is 0. The van der Waals surface area contributed by atoms with E-state index in [1.165, 1.54) is 6.92 Å². The fourth-order valence-corrected chi connectivity index (χ4v) is 1.67. The van der Waals surface area contributed by atoms with Crippen LogP contribution in [0.2, 0.25) is 0 Å². The molecule has 0 bridgehead atoms. The minimum Gasteiger partial charge on any atom is -0.443 e. The van der Waals surface area contributed by atoms with Crippen LogP contribution in [0.1, 0.15) is 36.8 Å². The molecule has 1 rings (SSSR count). The molecule has 1 aromatic heterocycles. The number of rotatable bonds is 4. The lowest BCUT2D eigenvalue weighted by molar-refractivity contribution is 0.0459. The second kappa shape index (κ2) is 4.95. The Morgan fingerprint density at radius 1 is 1.47 bits per heavy atom. The predicted molar refractivity (Wildman–Crippen MR) is 62.7 cm³/mol. The van der Waals surface area contributed by atoms with Gasteiger partial charge in [-0.15, -0.1) is 0 Å². The highest BCUT2D eigenvalue weighted by molar-refractivity contribution is 5.93. The SMILES string of the molecule is CC(=O)c1ncccc1CC(C)(C)OC(N)=O. The minimum absolute atomic E-state index is 0.115. The Morgan fingerprint density at radius 2 is 2.12 bits per heavy atom. The summed E-state index contributed by atoms with van der Waals surface area (Å²) in [5.74, 6) is -0.115. The Morgan fingerprint density at radius 3 is 2.65 bits per heavy atom. The highest BCUT2D eigenvalue weighted by Gasteiger charge is 2.24.